The Morgan fingerprint density at radius 3 is 2.81 bits per heavy atom. The summed E-state index contributed by atoms with van der Waals surface area (Å²) in [7, 11) is 1.61. The van der Waals surface area contributed by atoms with Crippen LogP contribution >= 0.6 is 0 Å². The molecule has 114 valence electrons. The number of para-hydroxylation sites is 1. The summed E-state index contributed by atoms with van der Waals surface area (Å²) in [6.45, 7) is 2.97. The number of nitrogens with one attached hydrogen (secondary N) is 3. The zero-order chi connectivity index (χ0) is 15.2. The number of carbonyl (C=O) groups is 2. The molecule has 5 heteroatoms. The third-order valence-electron chi connectivity index (χ3n) is 3.90. The fraction of sp³-hybridized carbons (Fsp3) is 0.500. The molecule has 1 aromatic rings. The van der Waals surface area contributed by atoms with E-state index in [0.29, 0.717) is 6.04 Å². The lowest BCUT2D eigenvalue weighted by Gasteiger charge is -2.27. The maximum Gasteiger partial charge on any atom is 0.227 e. The van der Waals surface area contributed by atoms with Crippen LogP contribution in [0.1, 0.15) is 25.3 Å². The third kappa shape index (κ3) is 4.29. The molecule has 21 heavy (non-hydrogen) atoms. The lowest BCUT2D eigenvalue weighted by molar-refractivity contribution is -0.121. The van der Waals surface area contributed by atoms with Crippen molar-refractivity contribution in [3.8, 4) is 0 Å². The molecule has 2 atom stereocenters. The first-order chi connectivity index (χ1) is 10.1. The van der Waals surface area contributed by atoms with Crippen LogP contribution in [0, 0.1) is 5.92 Å². The lowest BCUT2D eigenvalue weighted by Crippen LogP contribution is -2.40. The number of likely N-dealkylation sites (N-methyl/N-ethyl adjacent to an activating group) is 1. The summed E-state index contributed by atoms with van der Waals surface area (Å²) in [5, 5.41) is 8.93. The second-order valence-electron chi connectivity index (χ2n) is 5.57. The van der Waals surface area contributed by atoms with E-state index in [1.165, 1.54) is 0 Å². The molecule has 2 rings (SSSR count). The Balaban J connectivity index is 2.04. The number of hydrogen-bond donors (Lipinski definition) is 3. The van der Waals surface area contributed by atoms with Gasteiger partial charge in [0.05, 0.1) is 6.42 Å². The predicted molar refractivity (Wildman–Crippen MR) is 83.0 cm³/mol. The second kappa shape index (κ2) is 7.22. The van der Waals surface area contributed by atoms with Crippen molar-refractivity contribution in [1.29, 1.82) is 0 Å². The smallest absolute Gasteiger partial charge is 0.227 e. The second-order valence-corrected chi connectivity index (χ2v) is 5.57. The molecule has 0 aromatic heterocycles. The Hall–Kier alpha value is -1.88. The number of piperidine rings is 1. The van der Waals surface area contributed by atoms with Gasteiger partial charge in [-0.15, -0.1) is 0 Å². The van der Waals surface area contributed by atoms with Gasteiger partial charge < -0.3 is 16.0 Å². The Bertz CT molecular complexity index is 516. The maximum atomic E-state index is 12.4. The minimum atomic E-state index is -0.0628. The lowest BCUT2D eigenvalue weighted by atomic mass is 9.92. The monoisotopic (exact) mass is 289 g/mol. The minimum absolute atomic E-state index is 0.0364. The number of carbonyl (C=O) groups excluding carboxylic acids is 2. The topological polar surface area (TPSA) is 70.2 Å². The van der Waals surface area contributed by atoms with Crippen molar-refractivity contribution < 1.29 is 9.59 Å². The van der Waals surface area contributed by atoms with Crippen LogP contribution in [-0.4, -0.2) is 31.4 Å². The Kier molecular flexibility index (Phi) is 5.33. The van der Waals surface area contributed by atoms with Crippen molar-refractivity contribution in [2.45, 2.75) is 32.2 Å². The highest BCUT2D eigenvalue weighted by Crippen LogP contribution is 2.21. The highest BCUT2D eigenvalue weighted by molar-refractivity contribution is 5.94. The van der Waals surface area contributed by atoms with Crippen molar-refractivity contribution in [3.05, 3.63) is 29.8 Å². The van der Waals surface area contributed by atoms with Crippen LogP contribution in [0.5, 0.6) is 0 Å². The fourth-order valence-electron chi connectivity index (χ4n) is 2.66. The van der Waals surface area contributed by atoms with Gasteiger partial charge in [-0.25, -0.2) is 0 Å². The fourth-order valence-corrected chi connectivity index (χ4v) is 2.66. The average Bonchev–Trinajstić information content (AvgIpc) is 2.49. The molecule has 0 bridgehead atoms. The third-order valence-corrected chi connectivity index (χ3v) is 3.90. The molecule has 0 spiro atoms. The van der Waals surface area contributed by atoms with Crippen molar-refractivity contribution in [3.63, 3.8) is 0 Å². The SMILES string of the molecule is CNC(=O)Cc1ccccc1NC(=O)C1CCNC(C)C1. The number of anilines is 1. The van der Waals surface area contributed by atoms with Gasteiger partial charge in [-0.1, -0.05) is 18.2 Å². The van der Waals surface area contributed by atoms with Crippen LogP contribution in [0.15, 0.2) is 24.3 Å². The highest BCUT2D eigenvalue weighted by atomic mass is 16.2. The van der Waals surface area contributed by atoms with Gasteiger partial charge in [0, 0.05) is 24.7 Å². The van der Waals surface area contributed by atoms with Crippen LogP contribution < -0.4 is 16.0 Å². The summed E-state index contributed by atoms with van der Waals surface area (Å²) in [6.07, 6.45) is 1.98. The molecule has 0 radical (unpaired) electrons. The molecule has 2 unspecified atom stereocenters. The molecular formula is C16H23N3O2. The molecule has 2 amide bonds. The van der Waals surface area contributed by atoms with E-state index in [4.69, 9.17) is 0 Å². The van der Waals surface area contributed by atoms with E-state index in [2.05, 4.69) is 22.9 Å². The van der Waals surface area contributed by atoms with Gasteiger partial charge in [0.25, 0.3) is 0 Å². The van der Waals surface area contributed by atoms with E-state index >= 15 is 0 Å². The Morgan fingerprint density at radius 1 is 1.33 bits per heavy atom. The summed E-state index contributed by atoms with van der Waals surface area (Å²) in [4.78, 5) is 23.9. The van der Waals surface area contributed by atoms with Crippen molar-refractivity contribution in [1.82, 2.24) is 10.6 Å². The van der Waals surface area contributed by atoms with Gasteiger partial charge in [-0.3, -0.25) is 9.59 Å². The molecule has 1 aliphatic heterocycles. The quantitative estimate of drug-likeness (QED) is 0.782. The van der Waals surface area contributed by atoms with Crippen LogP contribution in [0.4, 0.5) is 5.69 Å². The zero-order valence-corrected chi connectivity index (χ0v) is 12.6. The van der Waals surface area contributed by atoms with E-state index in [9.17, 15) is 9.59 Å². The summed E-state index contributed by atoms with van der Waals surface area (Å²) < 4.78 is 0. The molecule has 1 fully saturated rings. The van der Waals surface area contributed by atoms with Crippen LogP contribution in [0.2, 0.25) is 0 Å². The van der Waals surface area contributed by atoms with E-state index in [1.807, 2.05) is 24.3 Å². The first kappa shape index (κ1) is 15.5. The van der Waals surface area contributed by atoms with Gasteiger partial charge >= 0.3 is 0 Å². The average molecular weight is 289 g/mol. The van der Waals surface area contributed by atoms with E-state index < -0.39 is 0 Å². The summed E-state index contributed by atoms with van der Waals surface area (Å²) >= 11 is 0. The van der Waals surface area contributed by atoms with Crippen molar-refractivity contribution in [2.75, 3.05) is 18.9 Å². The van der Waals surface area contributed by atoms with Gasteiger partial charge in [0.15, 0.2) is 0 Å². The molecule has 5 nitrogen and oxygen atoms in total. The molecule has 1 aliphatic rings. The molecule has 1 aromatic carbocycles. The molecule has 1 saturated heterocycles. The predicted octanol–water partition coefficient (Wildman–Crippen LogP) is 1.30. The molecule has 0 saturated carbocycles. The summed E-state index contributed by atoms with van der Waals surface area (Å²) in [6, 6.07) is 7.83. The van der Waals surface area contributed by atoms with Crippen LogP contribution in [-0.2, 0) is 16.0 Å². The van der Waals surface area contributed by atoms with Gasteiger partial charge in [-0.2, -0.15) is 0 Å². The maximum absolute atomic E-state index is 12.4. The molecule has 1 heterocycles. The molecule has 3 N–H and O–H groups in total. The number of benzene rings is 1. The van der Waals surface area contributed by atoms with Crippen LogP contribution in [0.25, 0.3) is 0 Å². The number of hydrogen-bond acceptors (Lipinski definition) is 3. The first-order valence-electron chi connectivity index (χ1n) is 7.43. The Labute approximate surface area is 125 Å². The zero-order valence-electron chi connectivity index (χ0n) is 12.6. The van der Waals surface area contributed by atoms with E-state index in [-0.39, 0.29) is 24.2 Å². The minimum Gasteiger partial charge on any atom is -0.359 e. The van der Waals surface area contributed by atoms with Crippen molar-refractivity contribution in [2.24, 2.45) is 5.92 Å². The molecule has 0 aliphatic carbocycles. The first-order valence-corrected chi connectivity index (χ1v) is 7.43. The molecular weight excluding hydrogens is 266 g/mol. The summed E-state index contributed by atoms with van der Waals surface area (Å²) in [5.74, 6) is 0.0224. The van der Waals surface area contributed by atoms with E-state index in [0.717, 1.165) is 30.6 Å². The van der Waals surface area contributed by atoms with Gasteiger partial charge in [0.2, 0.25) is 11.8 Å². The number of rotatable bonds is 4. The van der Waals surface area contributed by atoms with Crippen molar-refractivity contribution >= 4 is 17.5 Å². The highest BCUT2D eigenvalue weighted by Gasteiger charge is 2.25. The normalized spacial score (nSPS) is 21.6. The number of amides is 2. The van der Waals surface area contributed by atoms with Crippen LogP contribution in [0.3, 0.4) is 0 Å². The van der Waals surface area contributed by atoms with Gasteiger partial charge in [0.1, 0.15) is 0 Å². The summed E-state index contributed by atoms with van der Waals surface area (Å²) in [5.41, 5.74) is 1.57. The van der Waals surface area contributed by atoms with E-state index in [1.54, 1.807) is 7.05 Å². The Morgan fingerprint density at radius 2 is 2.10 bits per heavy atom. The standard InChI is InChI=1S/C16H23N3O2/c1-11-9-13(7-8-18-11)16(21)19-14-6-4-3-5-12(14)10-15(20)17-2/h3-6,11,13,18H,7-10H2,1-2H3,(H,17,20)(H,19,21). The van der Waals surface area contributed by atoms with Gasteiger partial charge in [-0.05, 0) is 37.9 Å². The largest absolute Gasteiger partial charge is 0.359 e.